The third-order valence-corrected chi connectivity index (χ3v) is 4.34. The van der Waals surface area contributed by atoms with Gasteiger partial charge in [0.2, 0.25) is 5.78 Å². The van der Waals surface area contributed by atoms with Crippen molar-refractivity contribution in [1.82, 2.24) is 0 Å². The number of methoxy groups -OCH3 is 3. The Bertz CT molecular complexity index is 1010. The lowest BCUT2D eigenvalue weighted by Crippen LogP contribution is -1.95. The van der Waals surface area contributed by atoms with Crippen molar-refractivity contribution in [3.63, 3.8) is 0 Å². The Morgan fingerprint density at radius 2 is 1.62 bits per heavy atom. The third-order valence-electron chi connectivity index (χ3n) is 4.34. The molecule has 0 radical (unpaired) electrons. The van der Waals surface area contributed by atoms with E-state index in [4.69, 9.17) is 18.6 Å². The van der Waals surface area contributed by atoms with Gasteiger partial charge in [0.15, 0.2) is 5.76 Å². The van der Waals surface area contributed by atoms with E-state index in [0.29, 0.717) is 11.5 Å². The van der Waals surface area contributed by atoms with Gasteiger partial charge in [0.05, 0.1) is 27.6 Å². The Morgan fingerprint density at radius 3 is 2.24 bits per heavy atom. The van der Waals surface area contributed by atoms with Crippen LogP contribution in [0.25, 0.3) is 18.2 Å². The van der Waals surface area contributed by atoms with E-state index >= 15 is 0 Å². The molecule has 148 valence electrons. The second kappa shape index (κ2) is 9.46. The zero-order valence-corrected chi connectivity index (χ0v) is 16.5. The molecule has 0 bridgehead atoms. The fourth-order valence-corrected chi connectivity index (χ4v) is 2.79. The number of rotatable bonds is 8. The van der Waals surface area contributed by atoms with Gasteiger partial charge in [-0.2, -0.15) is 0 Å². The Kier molecular flexibility index (Phi) is 6.53. The molecule has 2 aromatic carbocycles. The maximum absolute atomic E-state index is 12.3. The molecule has 0 atom stereocenters. The average Bonchev–Trinajstić information content (AvgIpc) is 3.31. The van der Waals surface area contributed by atoms with Crippen molar-refractivity contribution in [2.75, 3.05) is 21.3 Å². The number of allylic oxidation sites excluding steroid dienone is 1. The first-order valence-electron chi connectivity index (χ1n) is 8.98. The summed E-state index contributed by atoms with van der Waals surface area (Å²) in [4.78, 5) is 12.3. The molecule has 0 aliphatic heterocycles. The van der Waals surface area contributed by atoms with Crippen LogP contribution in [-0.2, 0) is 0 Å². The van der Waals surface area contributed by atoms with E-state index < -0.39 is 0 Å². The first kappa shape index (κ1) is 20.0. The van der Waals surface area contributed by atoms with Gasteiger partial charge in [-0.3, -0.25) is 4.79 Å². The molecular weight excluding hydrogens is 368 g/mol. The predicted octanol–water partition coefficient (Wildman–Crippen LogP) is 5.37. The Morgan fingerprint density at radius 1 is 0.862 bits per heavy atom. The molecule has 0 saturated carbocycles. The van der Waals surface area contributed by atoms with Gasteiger partial charge in [-0.05, 0) is 53.6 Å². The van der Waals surface area contributed by atoms with E-state index in [1.165, 1.54) is 12.3 Å². The number of benzene rings is 2. The number of hydrogen-bond acceptors (Lipinski definition) is 5. The van der Waals surface area contributed by atoms with Gasteiger partial charge < -0.3 is 18.6 Å². The predicted molar refractivity (Wildman–Crippen MR) is 114 cm³/mol. The van der Waals surface area contributed by atoms with Crippen molar-refractivity contribution < 1.29 is 23.4 Å². The van der Waals surface area contributed by atoms with Crippen LogP contribution in [0.3, 0.4) is 0 Å². The minimum atomic E-state index is -0.224. The van der Waals surface area contributed by atoms with Crippen molar-refractivity contribution in [2.24, 2.45) is 0 Å². The largest absolute Gasteiger partial charge is 0.497 e. The molecule has 1 aromatic heterocycles. The number of hydrogen-bond donors (Lipinski definition) is 0. The summed E-state index contributed by atoms with van der Waals surface area (Å²) >= 11 is 0. The summed E-state index contributed by atoms with van der Waals surface area (Å²) in [7, 11) is 4.81. The van der Waals surface area contributed by atoms with Crippen molar-refractivity contribution >= 4 is 24.0 Å². The summed E-state index contributed by atoms with van der Waals surface area (Å²) in [6, 6.07) is 14.7. The number of carbonyl (C=O) groups is 1. The molecule has 5 heteroatoms. The van der Waals surface area contributed by atoms with Crippen LogP contribution in [0.1, 0.15) is 27.2 Å². The highest BCUT2D eigenvalue weighted by Crippen LogP contribution is 2.31. The first-order chi connectivity index (χ1) is 14.1. The standard InChI is InChI=1S/C24H22O5/c1-26-19-10-7-17(8-11-19)6-9-18-15-20(27-2)16-24(28-3)21(18)12-13-22(25)23-5-4-14-29-23/h4-16H,1-3H3/b9-6+,13-12+. The maximum atomic E-state index is 12.3. The summed E-state index contributed by atoms with van der Waals surface area (Å²) in [5.41, 5.74) is 2.62. The molecule has 5 nitrogen and oxygen atoms in total. The highest BCUT2D eigenvalue weighted by atomic mass is 16.5. The third kappa shape index (κ3) is 4.96. The van der Waals surface area contributed by atoms with E-state index in [1.54, 1.807) is 45.6 Å². The van der Waals surface area contributed by atoms with Gasteiger partial charge >= 0.3 is 0 Å². The van der Waals surface area contributed by atoms with Gasteiger partial charge in [-0.15, -0.1) is 0 Å². The van der Waals surface area contributed by atoms with Crippen LogP contribution in [0, 0.1) is 0 Å². The molecule has 0 unspecified atom stereocenters. The van der Waals surface area contributed by atoms with Crippen LogP contribution in [0.5, 0.6) is 17.2 Å². The summed E-state index contributed by atoms with van der Waals surface area (Å²) in [6.07, 6.45) is 8.58. The molecule has 0 aliphatic rings. The van der Waals surface area contributed by atoms with Gasteiger partial charge in [0.25, 0.3) is 0 Å². The zero-order chi connectivity index (χ0) is 20.6. The monoisotopic (exact) mass is 390 g/mol. The summed E-state index contributed by atoms with van der Waals surface area (Å²) < 4.78 is 21.2. The van der Waals surface area contributed by atoms with E-state index in [1.807, 2.05) is 42.5 Å². The SMILES string of the molecule is COc1ccc(/C=C/c2cc(OC)cc(OC)c2/C=C/C(=O)c2ccco2)cc1. The molecule has 0 fully saturated rings. The van der Waals surface area contributed by atoms with Crippen molar-refractivity contribution in [3.8, 4) is 17.2 Å². The fraction of sp³-hybridized carbons (Fsp3) is 0.125. The second-order valence-corrected chi connectivity index (χ2v) is 6.11. The normalized spacial score (nSPS) is 11.1. The molecule has 0 saturated heterocycles. The highest BCUT2D eigenvalue weighted by Gasteiger charge is 2.10. The summed E-state index contributed by atoms with van der Waals surface area (Å²) in [5, 5.41) is 0. The first-order valence-corrected chi connectivity index (χ1v) is 8.98. The van der Waals surface area contributed by atoms with Gasteiger partial charge in [0, 0.05) is 11.6 Å². The van der Waals surface area contributed by atoms with Crippen molar-refractivity contribution in [1.29, 1.82) is 0 Å². The maximum Gasteiger partial charge on any atom is 0.221 e. The minimum absolute atomic E-state index is 0.224. The molecular formula is C24H22O5. The highest BCUT2D eigenvalue weighted by molar-refractivity contribution is 6.05. The number of ether oxygens (including phenoxy) is 3. The lowest BCUT2D eigenvalue weighted by atomic mass is 10.0. The van der Waals surface area contributed by atoms with Crippen LogP contribution < -0.4 is 14.2 Å². The van der Waals surface area contributed by atoms with Crippen molar-refractivity contribution in [2.45, 2.75) is 0 Å². The molecule has 0 amide bonds. The molecule has 1 heterocycles. The number of carbonyl (C=O) groups excluding carboxylic acids is 1. The van der Waals surface area contributed by atoms with E-state index in [9.17, 15) is 4.79 Å². The van der Waals surface area contributed by atoms with Crippen LogP contribution in [0.4, 0.5) is 0 Å². The van der Waals surface area contributed by atoms with E-state index in [-0.39, 0.29) is 11.5 Å². The molecule has 0 aliphatic carbocycles. The molecule has 0 spiro atoms. The van der Waals surface area contributed by atoms with E-state index in [2.05, 4.69) is 0 Å². The number of ketones is 1. The molecule has 0 N–H and O–H groups in total. The van der Waals surface area contributed by atoms with Gasteiger partial charge in [-0.1, -0.05) is 24.3 Å². The minimum Gasteiger partial charge on any atom is -0.497 e. The molecule has 29 heavy (non-hydrogen) atoms. The fourth-order valence-electron chi connectivity index (χ4n) is 2.79. The smallest absolute Gasteiger partial charge is 0.221 e. The van der Waals surface area contributed by atoms with Crippen LogP contribution in [-0.4, -0.2) is 27.1 Å². The lowest BCUT2D eigenvalue weighted by molar-refractivity contribution is 0.102. The van der Waals surface area contributed by atoms with Crippen LogP contribution in [0.15, 0.2) is 65.3 Å². The number of furan rings is 1. The van der Waals surface area contributed by atoms with Crippen LogP contribution >= 0.6 is 0 Å². The zero-order valence-electron chi connectivity index (χ0n) is 16.5. The molecule has 3 aromatic rings. The molecule has 3 rings (SSSR count). The van der Waals surface area contributed by atoms with Crippen LogP contribution in [0.2, 0.25) is 0 Å². The van der Waals surface area contributed by atoms with Gasteiger partial charge in [-0.25, -0.2) is 0 Å². The van der Waals surface area contributed by atoms with Gasteiger partial charge in [0.1, 0.15) is 17.2 Å². The Labute approximate surface area is 169 Å². The van der Waals surface area contributed by atoms with E-state index in [0.717, 1.165) is 22.4 Å². The summed E-state index contributed by atoms with van der Waals surface area (Å²) in [5.74, 6) is 2.11. The summed E-state index contributed by atoms with van der Waals surface area (Å²) in [6.45, 7) is 0. The Hall–Kier alpha value is -3.73. The quantitative estimate of drug-likeness (QED) is 0.294. The lowest BCUT2D eigenvalue weighted by Gasteiger charge is -2.11. The topological polar surface area (TPSA) is 57.9 Å². The van der Waals surface area contributed by atoms with Crippen molar-refractivity contribution in [3.05, 3.63) is 83.3 Å². The Balaban J connectivity index is 1.97. The second-order valence-electron chi connectivity index (χ2n) is 6.11. The average molecular weight is 390 g/mol.